The highest BCUT2D eigenvalue weighted by molar-refractivity contribution is 7.89. The quantitative estimate of drug-likeness (QED) is 0.769. The number of hydrogen-bond acceptors (Lipinski definition) is 4. The van der Waals surface area contributed by atoms with Crippen molar-refractivity contribution in [1.82, 2.24) is 4.72 Å². The van der Waals surface area contributed by atoms with Crippen LogP contribution in [0.1, 0.15) is 23.7 Å². The highest BCUT2D eigenvalue weighted by Gasteiger charge is 2.22. The van der Waals surface area contributed by atoms with Crippen LogP contribution in [0.25, 0.3) is 0 Å². The van der Waals surface area contributed by atoms with Gasteiger partial charge in [-0.05, 0) is 36.8 Å². The van der Waals surface area contributed by atoms with E-state index in [-0.39, 0.29) is 22.8 Å². The number of anilines is 1. The molecule has 0 aliphatic heterocycles. The number of methoxy groups -OCH3 is 1. The first-order valence-electron chi connectivity index (χ1n) is 7.73. The van der Waals surface area contributed by atoms with Gasteiger partial charge in [-0.25, -0.2) is 21.9 Å². The van der Waals surface area contributed by atoms with Gasteiger partial charge >= 0.3 is 0 Å². The Bertz CT molecular complexity index is 897. The highest BCUT2D eigenvalue weighted by atomic mass is 32.2. The van der Waals surface area contributed by atoms with Crippen molar-refractivity contribution in [3.05, 3.63) is 53.6 Å². The molecule has 0 radical (unpaired) electrons. The van der Waals surface area contributed by atoms with Gasteiger partial charge in [0.05, 0.1) is 7.11 Å². The molecule has 1 amide bonds. The Labute approximate surface area is 150 Å². The van der Waals surface area contributed by atoms with Gasteiger partial charge in [-0.1, -0.05) is 13.0 Å². The second-order valence-corrected chi connectivity index (χ2v) is 7.05. The van der Waals surface area contributed by atoms with Crippen molar-refractivity contribution < 1.29 is 26.7 Å². The molecule has 0 saturated carbocycles. The maximum absolute atomic E-state index is 13.7. The molecular weight excluding hydrogens is 366 g/mol. The normalized spacial score (nSPS) is 11.2. The minimum Gasteiger partial charge on any atom is -0.495 e. The third-order valence-electron chi connectivity index (χ3n) is 3.46. The largest absolute Gasteiger partial charge is 0.495 e. The molecule has 0 aromatic heterocycles. The summed E-state index contributed by atoms with van der Waals surface area (Å²) >= 11 is 0. The molecule has 0 aliphatic rings. The third-order valence-corrected chi connectivity index (χ3v) is 4.94. The molecule has 2 aromatic rings. The van der Waals surface area contributed by atoms with Gasteiger partial charge in [0.15, 0.2) is 0 Å². The van der Waals surface area contributed by atoms with Crippen LogP contribution < -0.4 is 14.8 Å². The van der Waals surface area contributed by atoms with Crippen LogP contribution in [-0.4, -0.2) is 28.0 Å². The number of carbonyl (C=O) groups excluding carboxylic acids is 1. The number of carbonyl (C=O) groups is 1. The monoisotopic (exact) mass is 384 g/mol. The minimum atomic E-state index is -3.91. The number of hydrogen-bond donors (Lipinski definition) is 2. The van der Waals surface area contributed by atoms with Gasteiger partial charge in [-0.3, -0.25) is 4.79 Å². The van der Waals surface area contributed by atoms with Crippen LogP contribution in [-0.2, 0) is 10.0 Å². The predicted octanol–water partition coefficient (Wildman–Crippen LogP) is 2.91. The second-order valence-electron chi connectivity index (χ2n) is 5.31. The molecule has 0 bridgehead atoms. The molecule has 0 atom stereocenters. The summed E-state index contributed by atoms with van der Waals surface area (Å²) in [7, 11) is -2.62. The van der Waals surface area contributed by atoms with Crippen molar-refractivity contribution in [3.63, 3.8) is 0 Å². The Morgan fingerprint density at radius 3 is 2.38 bits per heavy atom. The molecule has 26 heavy (non-hydrogen) atoms. The van der Waals surface area contributed by atoms with E-state index in [1.54, 1.807) is 6.92 Å². The Morgan fingerprint density at radius 2 is 1.81 bits per heavy atom. The zero-order chi connectivity index (χ0) is 19.3. The van der Waals surface area contributed by atoms with Crippen LogP contribution in [0.3, 0.4) is 0 Å². The first kappa shape index (κ1) is 19.8. The molecule has 0 heterocycles. The lowest BCUT2D eigenvalue weighted by molar-refractivity contribution is 0.102. The molecule has 0 aliphatic carbocycles. The number of amides is 1. The fraction of sp³-hybridized carbons (Fsp3) is 0.235. The van der Waals surface area contributed by atoms with Gasteiger partial charge in [0, 0.05) is 12.1 Å². The maximum Gasteiger partial charge on any atom is 0.255 e. The number of benzene rings is 2. The lowest BCUT2D eigenvalue weighted by atomic mass is 10.2. The zero-order valence-corrected chi connectivity index (χ0v) is 15.0. The van der Waals surface area contributed by atoms with E-state index in [9.17, 15) is 22.0 Å². The smallest absolute Gasteiger partial charge is 0.255 e. The van der Waals surface area contributed by atoms with Crippen LogP contribution in [0.4, 0.5) is 14.5 Å². The summed E-state index contributed by atoms with van der Waals surface area (Å²) in [6.07, 6.45) is 0.578. The topological polar surface area (TPSA) is 84.5 Å². The van der Waals surface area contributed by atoms with E-state index < -0.39 is 33.3 Å². The van der Waals surface area contributed by atoms with Gasteiger partial charge in [0.2, 0.25) is 10.0 Å². The van der Waals surface area contributed by atoms with E-state index in [1.165, 1.54) is 19.2 Å². The van der Waals surface area contributed by atoms with Gasteiger partial charge in [-0.15, -0.1) is 0 Å². The number of sulfonamides is 1. The number of para-hydroxylation sites is 1. The van der Waals surface area contributed by atoms with Gasteiger partial charge in [0.1, 0.15) is 28.0 Å². The molecule has 9 heteroatoms. The summed E-state index contributed by atoms with van der Waals surface area (Å²) in [5.41, 5.74) is -0.702. The van der Waals surface area contributed by atoms with Crippen LogP contribution in [0, 0.1) is 11.6 Å². The van der Waals surface area contributed by atoms with E-state index in [0.29, 0.717) is 6.42 Å². The van der Waals surface area contributed by atoms with Crippen molar-refractivity contribution in [2.75, 3.05) is 19.0 Å². The average Bonchev–Trinajstić information content (AvgIpc) is 2.62. The Hall–Kier alpha value is -2.52. The maximum atomic E-state index is 13.7. The predicted molar refractivity (Wildman–Crippen MR) is 92.8 cm³/mol. The summed E-state index contributed by atoms with van der Waals surface area (Å²) in [5.74, 6) is -2.69. The van der Waals surface area contributed by atoms with Crippen molar-refractivity contribution in [3.8, 4) is 5.75 Å². The minimum absolute atomic E-state index is 0.0437. The fourth-order valence-electron chi connectivity index (χ4n) is 2.15. The van der Waals surface area contributed by atoms with Crippen molar-refractivity contribution >= 4 is 21.6 Å². The molecule has 140 valence electrons. The molecule has 0 unspecified atom stereocenters. The highest BCUT2D eigenvalue weighted by Crippen LogP contribution is 2.26. The lowest BCUT2D eigenvalue weighted by Crippen LogP contribution is -2.25. The van der Waals surface area contributed by atoms with Crippen molar-refractivity contribution in [2.45, 2.75) is 18.2 Å². The van der Waals surface area contributed by atoms with Crippen LogP contribution in [0.5, 0.6) is 5.75 Å². The molecule has 0 saturated heterocycles. The first-order valence-corrected chi connectivity index (χ1v) is 9.21. The second kappa shape index (κ2) is 8.24. The number of rotatable bonds is 7. The SMILES string of the molecule is CCCNS(=O)(=O)c1cc(C(=O)Nc2c(F)cccc2F)ccc1OC. The zero-order valence-electron chi connectivity index (χ0n) is 14.2. The molecule has 2 aromatic carbocycles. The molecule has 0 fully saturated rings. The van der Waals surface area contributed by atoms with E-state index >= 15 is 0 Å². The fourth-order valence-corrected chi connectivity index (χ4v) is 3.47. The van der Waals surface area contributed by atoms with Crippen LogP contribution >= 0.6 is 0 Å². The van der Waals surface area contributed by atoms with E-state index in [2.05, 4.69) is 10.0 Å². The molecule has 6 nitrogen and oxygen atoms in total. The van der Waals surface area contributed by atoms with Crippen LogP contribution in [0.15, 0.2) is 41.3 Å². The summed E-state index contributed by atoms with van der Waals surface area (Å²) in [6.45, 7) is 2.01. The Kier molecular flexibility index (Phi) is 6.27. The first-order chi connectivity index (χ1) is 12.3. The average molecular weight is 384 g/mol. The molecule has 2 rings (SSSR count). The van der Waals surface area contributed by atoms with Gasteiger partial charge in [-0.2, -0.15) is 0 Å². The van der Waals surface area contributed by atoms with E-state index in [4.69, 9.17) is 4.74 Å². The van der Waals surface area contributed by atoms with Crippen LogP contribution in [0.2, 0.25) is 0 Å². The molecule has 2 N–H and O–H groups in total. The Morgan fingerprint density at radius 1 is 1.15 bits per heavy atom. The standard InChI is InChI=1S/C17H18F2N2O4S/c1-3-9-20-26(23,24)15-10-11(7-8-14(15)25-2)17(22)21-16-12(18)5-4-6-13(16)19/h4-8,10,20H,3,9H2,1-2H3,(H,21,22). The summed E-state index contributed by atoms with van der Waals surface area (Å²) in [5, 5.41) is 2.11. The Balaban J connectivity index is 2.39. The van der Waals surface area contributed by atoms with Crippen molar-refractivity contribution in [1.29, 1.82) is 0 Å². The van der Waals surface area contributed by atoms with E-state index in [0.717, 1.165) is 24.3 Å². The molecule has 0 spiro atoms. The summed E-state index contributed by atoms with van der Waals surface area (Å²) in [4.78, 5) is 12.1. The number of nitrogens with one attached hydrogen (secondary N) is 2. The van der Waals surface area contributed by atoms with E-state index in [1.807, 2.05) is 0 Å². The van der Waals surface area contributed by atoms with Gasteiger partial charge in [0.25, 0.3) is 5.91 Å². The third kappa shape index (κ3) is 4.36. The number of ether oxygens (including phenoxy) is 1. The van der Waals surface area contributed by atoms with Gasteiger partial charge < -0.3 is 10.1 Å². The van der Waals surface area contributed by atoms with Crippen molar-refractivity contribution in [2.24, 2.45) is 0 Å². The number of halogens is 2. The molecular formula is C17H18F2N2O4S. The lowest BCUT2D eigenvalue weighted by Gasteiger charge is -2.13. The summed E-state index contributed by atoms with van der Waals surface area (Å²) in [6, 6.07) is 6.84. The summed E-state index contributed by atoms with van der Waals surface area (Å²) < 4.78 is 59.5.